The van der Waals surface area contributed by atoms with Gasteiger partial charge in [-0.2, -0.15) is 0 Å². The summed E-state index contributed by atoms with van der Waals surface area (Å²) in [4.78, 5) is 22.7. The number of rotatable bonds is 5. The fraction of sp³-hybridized carbons (Fsp3) is 0.217. The maximum atomic E-state index is 13.1. The summed E-state index contributed by atoms with van der Waals surface area (Å²) in [5, 5.41) is 9.67. The van der Waals surface area contributed by atoms with Crippen molar-refractivity contribution in [2.75, 3.05) is 0 Å². The Hall–Kier alpha value is -3.21. The van der Waals surface area contributed by atoms with Crippen LogP contribution in [-0.2, 0) is 11.2 Å². The normalized spacial score (nSPS) is 9.86. The van der Waals surface area contributed by atoms with E-state index in [0.29, 0.717) is 50.8 Å². The Morgan fingerprint density at radius 2 is 1.82 bits per heavy atom. The molecule has 0 radical (unpaired) electrons. The van der Waals surface area contributed by atoms with Gasteiger partial charge in [0, 0.05) is 10.9 Å². The minimum absolute atomic E-state index is 0. The van der Waals surface area contributed by atoms with Crippen LogP contribution in [0.4, 0.5) is 4.39 Å². The Labute approximate surface area is 164 Å². The van der Waals surface area contributed by atoms with Crippen molar-refractivity contribution in [3.05, 3.63) is 65.5 Å². The first-order valence-electron chi connectivity index (χ1n) is 8.59. The Kier molecular flexibility index (Phi) is 7.87. The largest absolute Gasteiger partial charge is 0.481 e. The molecule has 0 unspecified atom stereocenters. The lowest BCUT2D eigenvalue weighted by Gasteiger charge is -2.07. The smallest absolute Gasteiger partial charge is 0.307 e. The van der Waals surface area contributed by atoms with Crippen molar-refractivity contribution in [2.45, 2.75) is 34.6 Å². The van der Waals surface area contributed by atoms with Gasteiger partial charge >= 0.3 is 5.97 Å². The van der Waals surface area contributed by atoms with Crippen LogP contribution in [0.5, 0.6) is 0 Å². The molecule has 2 aromatic carbocycles. The van der Waals surface area contributed by atoms with Crippen molar-refractivity contribution in [1.29, 1.82) is 0 Å². The SMILES string of the molecule is C.C=C(C)c1cc2c(C=O)c(-c3ccc(F)cc3)oc2cc1CC(=O)O.CC. The number of carboxylic acid groups (broad SMARTS) is 1. The van der Waals surface area contributed by atoms with Gasteiger partial charge in [-0.25, -0.2) is 4.39 Å². The number of hydrogen-bond donors (Lipinski definition) is 1. The summed E-state index contributed by atoms with van der Waals surface area (Å²) in [5.41, 5.74) is 3.23. The molecule has 0 aliphatic heterocycles. The van der Waals surface area contributed by atoms with Crippen molar-refractivity contribution >= 4 is 28.8 Å². The zero-order valence-corrected chi connectivity index (χ0v) is 15.5. The van der Waals surface area contributed by atoms with Crippen LogP contribution >= 0.6 is 0 Å². The number of hydrogen-bond acceptors (Lipinski definition) is 3. The zero-order chi connectivity index (χ0) is 20.1. The van der Waals surface area contributed by atoms with Gasteiger partial charge in [0.1, 0.15) is 17.2 Å². The second-order valence-corrected chi connectivity index (χ2v) is 5.83. The highest BCUT2D eigenvalue weighted by Crippen LogP contribution is 2.35. The fourth-order valence-corrected chi connectivity index (χ4v) is 2.84. The molecule has 1 aromatic heterocycles. The molecule has 0 amide bonds. The second kappa shape index (κ2) is 9.65. The van der Waals surface area contributed by atoms with E-state index in [0.717, 1.165) is 0 Å². The maximum absolute atomic E-state index is 13.1. The van der Waals surface area contributed by atoms with Crippen molar-refractivity contribution in [2.24, 2.45) is 0 Å². The number of furan rings is 1. The lowest BCUT2D eigenvalue weighted by Crippen LogP contribution is -2.02. The van der Waals surface area contributed by atoms with Gasteiger partial charge in [-0.1, -0.05) is 33.4 Å². The van der Waals surface area contributed by atoms with Crippen molar-refractivity contribution in [1.82, 2.24) is 0 Å². The molecule has 28 heavy (non-hydrogen) atoms. The number of aldehydes is 1. The van der Waals surface area contributed by atoms with Gasteiger partial charge in [0.15, 0.2) is 6.29 Å². The maximum Gasteiger partial charge on any atom is 0.307 e. The highest BCUT2D eigenvalue weighted by Gasteiger charge is 2.19. The lowest BCUT2D eigenvalue weighted by molar-refractivity contribution is -0.136. The van der Waals surface area contributed by atoms with E-state index in [2.05, 4.69) is 6.58 Å². The fourth-order valence-electron chi connectivity index (χ4n) is 2.84. The third-order valence-corrected chi connectivity index (χ3v) is 3.98. The van der Waals surface area contributed by atoms with Crippen LogP contribution in [0.3, 0.4) is 0 Å². The van der Waals surface area contributed by atoms with Crippen LogP contribution in [0.15, 0.2) is 47.4 Å². The van der Waals surface area contributed by atoms with E-state index in [1.807, 2.05) is 13.8 Å². The number of halogens is 1. The number of fused-ring (bicyclic) bond motifs is 1. The second-order valence-electron chi connectivity index (χ2n) is 5.83. The molecule has 3 aromatic rings. The predicted molar refractivity (Wildman–Crippen MR) is 111 cm³/mol. The molecule has 0 aliphatic rings. The molecule has 0 saturated heterocycles. The molecule has 0 bridgehead atoms. The Morgan fingerprint density at radius 1 is 1.21 bits per heavy atom. The number of carboxylic acids is 1. The van der Waals surface area contributed by atoms with Crippen LogP contribution < -0.4 is 0 Å². The number of carbonyl (C=O) groups excluding carboxylic acids is 1. The Bertz CT molecular complexity index is 998. The van der Waals surface area contributed by atoms with Crippen LogP contribution in [0.2, 0.25) is 0 Å². The summed E-state index contributed by atoms with van der Waals surface area (Å²) in [6.45, 7) is 9.65. The van der Waals surface area contributed by atoms with Gasteiger partial charge in [-0.3, -0.25) is 9.59 Å². The number of aliphatic carboxylic acids is 1. The van der Waals surface area contributed by atoms with Crippen LogP contribution in [-0.4, -0.2) is 17.4 Å². The van der Waals surface area contributed by atoms with E-state index in [1.54, 1.807) is 19.1 Å². The molecule has 3 rings (SSSR count). The molecule has 0 saturated carbocycles. The molecule has 1 heterocycles. The minimum Gasteiger partial charge on any atom is -0.481 e. The number of carbonyl (C=O) groups is 2. The molecule has 0 fully saturated rings. The topological polar surface area (TPSA) is 67.5 Å². The zero-order valence-electron chi connectivity index (χ0n) is 15.5. The minimum atomic E-state index is -0.970. The summed E-state index contributed by atoms with van der Waals surface area (Å²) in [6, 6.07) is 8.96. The van der Waals surface area contributed by atoms with Gasteiger partial charge in [-0.05, 0) is 54.4 Å². The highest BCUT2D eigenvalue weighted by atomic mass is 19.1. The van der Waals surface area contributed by atoms with Gasteiger partial charge in [0.25, 0.3) is 0 Å². The molecule has 0 atom stereocenters. The van der Waals surface area contributed by atoms with Gasteiger partial charge in [0.05, 0.1) is 12.0 Å². The number of allylic oxidation sites excluding steroid dienone is 1. The standard InChI is InChI=1S/C20H15FO4.C2H6.CH4/c1-11(2)15-9-16-17(10-22)20(12-3-5-14(21)6-4-12)25-18(16)7-13(15)8-19(23)24;1-2;/h3-7,9-10H,1,8H2,2H3,(H,23,24);1-2H3;1H4. The first-order chi connectivity index (χ1) is 12.9. The van der Waals surface area contributed by atoms with E-state index < -0.39 is 5.97 Å². The summed E-state index contributed by atoms with van der Waals surface area (Å²) < 4.78 is 18.9. The molecule has 0 aliphatic carbocycles. The first kappa shape index (κ1) is 22.8. The van der Waals surface area contributed by atoms with E-state index >= 15 is 0 Å². The van der Waals surface area contributed by atoms with Gasteiger partial charge < -0.3 is 9.52 Å². The monoisotopic (exact) mass is 384 g/mol. The molecule has 1 N–H and O–H groups in total. The van der Waals surface area contributed by atoms with Crippen molar-refractivity contribution < 1.29 is 23.5 Å². The van der Waals surface area contributed by atoms with Crippen LogP contribution in [0.1, 0.15) is 49.7 Å². The molecule has 0 spiro atoms. The van der Waals surface area contributed by atoms with E-state index in [-0.39, 0.29) is 19.7 Å². The molecular weight excluding hydrogens is 359 g/mol. The highest BCUT2D eigenvalue weighted by molar-refractivity contribution is 6.04. The Morgan fingerprint density at radius 3 is 2.32 bits per heavy atom. The lowest BCUT2D eigenvalue weighted by atomic mass is 9.96. The molecule has 4 nitrogen and oxygen atoms in total. The summed E-state index contributed by atoms with van der Waals surface area (Å²) in [7, 11) is 0. The predicted octanol–water partition coefficient (Wildman–Crippen LogP) is 6.37. The average Bonchev–Trinajstić information content (AvgIpc) is 3.00. The summed E-state index contributed by atoms with van der Waals surface area (Å²) in [5.74, 6) is -1.03. The summed E-state index contributed by atoms with van der Waals surface area (Å²) >= 11 is 0. The van der Waals surface area contributed by atoms with Crippen molar-refractivity contribution in [3.8, 4) is 11.3 Å². The first-order valence-corrected chi connectivity index (χ1v) is 8.59. The third-order valence-electron chi connectivity index (χ3n) is 3.98. The quantitative estimate of drug-likeness (QED) is 0.519. The molecule has 148 valence electrons. The van der Waals surface area contributed by atoms with Crippen molar-refractivity contribution in [3.63, 3.8) is 0 Å². The Balaban J connectivity index is 0.00000127. The van der Waals surface area contributed by atoms with Gasteiger partial charge in [-0.15, -0.1) is 0 Å². The van der Waals surface area contributed by atoms with E-state index in [1.165, 1.54) is 24.3 Å². The van der Waals surface area contributed by atoms with Crippen LogP contribution in [0.25, 0.3) is 27.9 Å². The third kappa shape index (κ3) is 4.55. The molecular formula is C23H25FO4. The van der Waals surface area contributed by atoms with E-state index in [4.69, 9.17) is 9.52 Å². The van der Waals surface area contributed by atoms with Gasteiger partial charge in [0.2, 0.25) is 0 Å². The summed E-state index contributed by atoms with van der Waals surface area (Å²) in [6.07, 6.45) is 0.505. The molecule has 5 heteroatoms. The van der Waals surface area contributed by atoms with Crippen LogP contribution in [0, 0.1) is 5.82 Å². The van der Waals surface area contributed by atoms with E-state index in [9.17, 15) is 14.0 Å². The number of benzene rings is 2. The average molecular weight is 384 g/mol.